The number of rotatable bonds is 3. The fourth-order valence-corrected chi connectivity index (χ4v) is 0.735. The molecule has 0 atom stereocenters. The Morgan fingerprint density at radius 1 is 1.69 bits per heavy atom. The van der Waals surface area contributed by atoms with Crippen molar-refractivity contribution in [3.63, 3.8) is 0 Å². The predicted molar refractivity (Wildman–Crippen MR) is 44.8 cm³/mol. The highest BCUT2D eigenvalue weighted by Crippen LogP contribution is 2.08. The summed E-state index contributed by atoms with van der Waals surface area (Å²) in [6.07, 6.45) is 1.54. The molecule has 0 saturated heterocycles. The molecule has 1 heterocycles. The zero-order chi connectivity index (χ0) is 9.68. The van der Waals surface area contributed by atoms with E-state index in [1.165, 1.54) is 12.4 Å². The summed E-state index contributed by atoms with van der Waals surface area (Å²) in [5, 5.41) is 10.4. The Morgan fingerprint density at radius 3 is 3.08 bits per heavy atom. The Kier molecular flexibility index (Phi) is 3.02. The lowest BCUT2D eigenvalue weighted by Gasteiger charge is -2.02. The Bertz CT molecular complexity index is 303. The zero-order valence-electron chi connectivity index (χ0n) is 7.02. The van der Waals surface area contributed by atoms with Gasteiger partial charge >= 0.3 is 6.09 Å². The highest BCUT2D eigenvalue weighted by Gasteiger charge is 2.01. The van der Waals surface area contributed by atoms with Crippen LogP contribution in [0, 0.1) is 0 Å². The predicted octanol–water partition coefficient (Wildman–Crippen LogP) is 0.965. The maximum absolute atomic E-state index is 10.2. The number of hydrogen-bond donors (Lipinski definition) is 2. The van der Waals surface area contributed by atoms with Crippen LogP contribution in [-0.4, -0.2) is 27.8 Å². The van der Waals surface area contributed by atoms with Crippen LogP contribution >= 0.6 is 0 Å². The molecule has 0 spiro atoms. The van der Waals surface area contributed by atoms with Crippen LogP contribution in [0.5, 0.6) is 5.88 Å². The average Bonchev–Trinajstić information content (AvgIpc) is 2.04. The van der Waals surface area contributed by atoms with Gasteiger partial charge in [-0.05, 0) is 6.92 Å². The largest absolute Gasteiger partial charge is 0.477 e. The first-order valence-electron chi connectivity index (χ1n) is 3.67. The summed E-state index contributed by atoms with van der Waals surface area (Å²) in [4.78, 5) is 17.8. The monoisotopic (exact) mass is 183 g/mol. The van der Waals surface area contributed by atoms with Crippen molar-refractivity contribution in [1.82, 2.24) is 9.97 Å². The summed E-state index contributed by atoms with van der Waals surface area (Å²) in [5.41, 5.74) is 0. The number of nitrogens with one attached hydrogen (secondary N) is 1. The molecule has 1 aromatic heterocycles. The third-order valence-corrected chi connectivity index (χ3v) is 1.14. The van der Waals surface area contributed by atoms with E-state index in [0.717, 1.165) is 0 Å². The van der Waals surface area contributed by atoms with Crippen molar-refractivity contribution in [2.24, 2.45) is 0 Å². The number of carboxylic acid groups (broad SMARTS) is 1. The molecule has 13 heavy (non-hydrogen) atoms. The smallest absolute Gasteiger partial charge is 0.410 e. The second-order valence-corrected chi connectivity index (χ2v) is 2.11. The van der Waals surface area contributed by atoms with Gasteiger partial charge in [-0.15, -0.1) is 0 Å². The van der Waals surface area contributed by atoms with Crippen LogP contribution < -0.4 is 10.1 Å². The maximum atomic E-state index is 10.2. The van der Waals surface area contributed by atoms with Crippen LogP contribution in [0.4, 0.5) is 10.6 Å². The quantitative estimate of drug-likeness (QED) is 0.729. The minimum absolute atomic E-state index is 0.151. The van der Waals surface area contributed by atoms with Crippen LogP contribution in [-0.2, 0) is 0 Å². The SMILES string of the molecule is CCOc1cncc(NC(=O)O)n1. The van der Waals surface area contributed by atoms with E-state index in [9.17, 15) is 4.79 Å². The van der Waals surface area contributed by atoms with Crippen LogP contribution in [0.3, 0.4) is 0 Å². The lowest BCUT2D eigenvalue weighted by molar-refractivity contribution is 0.209. The topological polar surface area (TPSA) is 84.3 Å². The normalized spacial score (nSPS) is 9.31. The third kappa shape index (κ3) is 2.94. The molecule has 6 heteroatoms. The number of amides is 1. The van der Waals surface area contributed by atoms with E-state index in [1.807, 2.05) is 0 Å². The Labute approximate surface area is 74.6 Å². The molecule has 2 N–H and O–H groups in total. The first-order chi connectivity index (χ1) is 6.22. The molecule has 0 aliphatic rings. The minimum Gasteiger partial charge on any atom is -0.477 e. The Hall–Kier alpha value is -1.85. The van der Waals surface area contributed by atoms with Crippen molar-refractivity contribution < 1.29 is 14.6 Å². The van der Waals surface area contributed by atoms with Crippen molar-refractivity contribution in [2.45, 2.75) is 6.92 Å². The van der Waals surface area contributed by atoms with E-state index in [1.54, 1.807) is 6.92 Å². The first-order valence-corrected chi connectivity index (χ1v) is 3.67. The van der Waals surface area contributed by atoms with Gasteiger partial charge in [-0.25, -0.2) is 4.79 Å². The Balaban J connectivity index is 2.73. The molecule has 6 nitrogen and oxygen atoms in total. The van der Waals surface area contributed by atoms with Crippen molar-refractivity contribution in [3.05, 3.63) is 12.4 Å². The van der Waals surface area contributed by atoms with Crippen LogP contribution in [0.15, 0.2) is 12.4 Å². The highest BCUT2D eigenvalue weighted by molar-refractivity contribution is 5.81. The molecular formula is C7H9N3O3. The van der Waals surface area contributed by atoms with Gasteiger partial charge in [0, 0.05) is 0 Å². The first kappa shape index (κ1) is 9.24. The molecule has 1 aromatic rings. The molecule has 70 valence electrons. The summed E-state index contributed by atoms with van der Waals surface area (Å²) in [7, 11) is 0. The van der Waals surface area contributed by atoms with Crippen molar-refractivity contribution in [3.8, 4) is 5.88 Å². The summed E-state index contributed by atoms with van der Waals surface area (Å²) < 4.78 is 5.02. The number of aromatic nitrogens is 2. The van der Waals surface area contributed by atoms with E-state index in [2.05, 4.69) is 15.3 Å². The van der Waals surface area contributed by atoms with Gasteiger partial charge in [-0.3, -0.25) is 10.3 Å². The molecule has 0 aliphatic carbocycles. The van der Waals surface area contributed by atoms with E-state index in [4.69, 9.17) is 9.84 Å². The lowest BCUT2D eigenvalue weighted by Crippen LogP contribution is -2.09. The number of nitrogens with zero attached hydrogens (tertiary/aromatic N) is 2. The molecule has 0 unspecified atom stereocenters. The highest BCUT2D eigenvalue weighted by atomic mass is 16.5. The van der Waals surface area contributed by atoms with Crippen LogP contribution in [0.2, 0.25) is 0 Å². The summed E-state index contributed by atoms with van der Waals surface area (Å²) in [6, 6.07) is 0. The van der Waals surface area contributed by atoms with E-state index in [-0.39, 0.29) is 5.82 Å². The van der Waals surface area contributed by atoms with Gasteiger partial charge in [0.05, 0.1) is 19.0 Å². The Morgan fingerprint density at radius 2 is 2.46 bits per heavy atom. The van der Waals surface area contributed by atoms with Gasteiger partial charge in [0.15, 0.2) is 5.82 Å². The van der Waals surface area contributed by atoms with Gasteiger partial charge in [0.2, 0.25) is 5.88 Å². The molecule has 1 rings (SSSR count). The van der Waals surface area contributed by atoms with Crippen LogP contribution in [0.25, 0.3) is 0 Å². The standard InChI is InChI=1S/C7H9N3O3/c1-2-13-6-4-8-3-5(9-6)10-7(11)12/h3-4H,2H2,1H3,(H,9,10)(H,11,12). The second-order valence-electron chi connectivity index (χ2n) is 2.11. The van der Waals surface area contributed by atoms with Crippen molar-refractivity contribution in [2.75, 3.05) is 11.9 Å². The van der Waals surface area contributed by atoms with E-state index < -0.39 is 6.09 Å². The fraction of sp³-hybridized carbons (Fsp3) is 0.286. The summed E-state index contributed by atoms with van der Waals surface area (Å²) >= 11 is 0. The second kappa shape index (κ2) is 4.24. The molecule has 0 saturated carbocycles. The lowest BCUT2D eigenvalue weighted by atomic mass is 10.6. The molecule has 0 bridgehead atoms. The maximum Gasteiger partial charge on any atom is 0.410 e. The number of hydrogen-bond acceptors (Lipinski definition) is 4. The molecule has 1 amide bonds. The average molecular weight is 183 g/mol. The molecule has 0 aliphatic heterocycles. The van der Waals surface area contributed by atoms with Gasteiger partial charge in [0.25, 0.3) is 0 Å². The van der Waals surface area contributed by atoms with Crippen molar-refractivity contribution >= 4 is 11.9 Å². The summed E-state index contributed by atoms with van der Waals surface area (Å²) in [5.74, 6) is 0.451. The number of anilines is 1. The fourth-order valence-electron chi connectivity index (χ4n) is 0.735. The number of ether oxygens (including phenoxy) is 1. The zero-order valence-corrected chi connectivity index (χ0v) is 7.02. The van der Waals surface area contributed by atoms with E-state index in [0.29, 0.717) is 12.5 Å². The van der Waals surface area contributed by atoms with E-state index >= 15 is 0 Å². The molecular weight excluding hydrogens is 174 g/mol. The summed E-state index contributed by atoms with van der Waals surface area (Å²) in [6.45, 7) is 2.27. The molecule has 0 fully saturated rings. The van der Waals surface area contributed by atoms with Crippen molar-refractivity contribution in [1.29, 1.82) is 0 Å². The minimum atomic E-state index is -1.18. The number of carbonyl (C=O) groups is 1. The molecule has 0 radical (unpaired) electrons. The van der Waals surface area contributed by atoms with Gasteiger partial charge < -0.3 is 9.84 Å². The molecule has 0 aromatic carbocycles. The van der Waals surface area contributed by atoms with Gasteiger partial charge in [-0.2, -0.15) is 4.98 Å². The third-order valence-electron chi connectivity index (χ3n) is 1.14. The van der Waals surface area contributed by atoms with Crippen LogP contribution in [0.1, 0.15) is 6.92 Å². The van der Waals surface area contributed by atoms with Gasteiger partial charge in [0.1, 0.15) is 0 Å². The van der Waals surface area contributed by atoms with Gasteiger partial charge in [-0.1, -0.05) is 0 Å².